The van der Waals surface area contributed by atoms with Crippen molar-refractivity contribution in [3.63, 3.8) is 0 Å². The average Bonchev–Trinajstić information content (AvgIpc) is 2.96. The van der Waals surface area contributed by atoms with Crippen LogP contribution in [0.4, 0.5) is 0 Å². The highest BCUT2D eigenvalue weighted by Gasteiger charge is 2.00. The van der Waals surface area contributed by atoms with Gasteiger partial charge in [-0.05, 0) is 36.6 Å². The van der Waals surface area contributed by atoms with Crippen molar-refractivity contribution < 1.29 is 4.74 Å². The number of aromatic nitrogens is 2. The molecule has 0 atom stereocenters. The van der Waals surface area contributed by atoms with Crippen LogP contribution in [0.3, 0.4) is 0 Å². The second-order valence-electron chi connectivity index (χ2n) is 5.23. The summed E-state index contributed by atoms with van der Waals surface area (Å²) >= 11 is 0. The van der Waals surface area contributed by atoms with E-state index >= 15 is 0 Å². The standard InChI is InChI=1S/C19H18N2O/c1-14-13-20-21-19(14)15(2)22-18-10-8-17(9-11-18)12-16-6-4-3-5-7-16/h3-11,13,21H,1,12H2,2H3/b19-15-. The first kappa shape index (κ1) is 14.1. The Hall–Kier alpha value is -2.81. The second-order valence-corrected chi connectivity index (χ2v) is 5.23. The van der Waals surface area contributed by atoms with Gasteiger partial charge in [0.1, 0.15) is 16.9 Å². The summed E-state index contributed by atoms with van der Waals surface area (Å²) in [5.41, 5.74) is 2.56. The van der Waals surface area contributed by atoms with Crippen LogP contribution in [-0.2, 0) is 6.42 Å². The smallest absolute Gasteiger partial charge is 0.127 e. The molecule has 0 aliphatic heterocycles. The molecule has 1 aromatic heterocycles. The molecule has 0 amide bonds. The number of nitrogens with one attached hydrogen (secondary N) is 1. The topological polar surface area (TPSA) is 37.9 Å². The van der Waals surface area contributed by atoms with Gasteiger partial charge >= 0.3 is 0 Å². The minimum Gasteiger partial charge on any atom is -0.460 e. The molecule has 1 heterocycles. The molecule has 0 aliphatic rings. The summed E-state index contributed by atoms with van der Waals surface area (Å²) in [6.07, 6.45) is 2.61. The van der Waals surface area contributed by atoms with Crippen LogP contribution in [0.25, 0.3) is 12.3 Å². The largest absolute Gasteiger partial charge is 0.460 e. The Morgan fingerprint density at radius 2 is 1.73 bits per heavy atom. The Labute approximate surface area is 129 Å². The van der Waals surface area contributed by atoms with E-state index in [1.807, 2.05) is 25.1 Å². The molecule has 0 saturated heterocycles. The van der Waals surface area contributed by atoms with Gasteiger partial charge in [0.25, 0.3) is 0 Å². The minimum absolute atomic E-state index is 0.762. The Balaban J connectivity index is 1.75. The van der Waals surface area contributed by atoms with Gasteiger partial charge < -0.3 is 4.74 Å². The number of aromatic amines is 1. The average molecular weight is 290 g/mol. The third-order valence-electron chi connectivity index (χ3n) is 3.52. The summed E-state index contributed by atoms with van der Waals surface area (Å²) < 4.78 is 5.85. The molecule has 1 N–H and O–H groups in total. The number of benzene rings is 2. The van der Waals surface area contributed by atoms with Crippen LogP contribution in [0.2, 0.25) is 0 Å². The van der Waals surface area contributed by atoms with Gasteiger partial charge in [-0.25, -0.2) is 0 Å². The third-order valence-corrected chi connectivity index (χ3v) is 3.52. The summed E-state index contributed by atoms with van der Waals surface area (Å²) in [5, 5.41) is 8.51. The van der Waals surface area contributed by atoms with Crippen LogP contribution in [0.1, 0.15) is 18.1 Å². The van der Waals surface area contributed by atoms with Crippen molar-refractivity contribution in [1.29, 1.82) is 0 Å². The number of H-pyrrole nitrogens is 1. The van der Waals surface area contributed by atoms with E-state index in [0.29, 0.717) is 0 Å². The van der Waals surface area contributed by atoms with Crippen molar-refractivity contribution in [3.05, 3.63) is 82.5 Å². The highest BCUT2D eigenvalue weighted by atomic mass is 16.5. The van der Waals surface area contributed by atoms with Gasteiger partial charge in [0.15, 0.2) is 0 Å². The molecule has 110 valence electrons. The molecule has 22 heavy (non-hydrogen) atoms. The molecular formula is C19H18N2O. The van der Waals surface area contributed by atoms with Crippen molar-refractivity contribution in [2.45, 2.75) is 13.3 Å². The summed E-state index contributed by atoms with van der Waals surface area (Å²) in [5.74, 6) is 1.57. The van der Waals surface area contributed by atoms with E-state index < -0.39 is 0 Å². The van der Waals surface area contributed by atoms with Gasteiger partial charge in [-0.3, -0.25) is 5.10 Å². The molecule has 0 aliphatic carbocycles. The fourth-order valence-corrected chi connectivity index (χ4v) is 2.35. The van der Waals surface area contributed by atoms with Crippen molar-refractivity contribution in [2.75, 3.05) is 0 Å². The fourth-order valence-electron chi connectivity index (χ4n) is 2.35. The first-order valence-corrected chi connectivity index (χ1v) is 7.22. The maximum atomic E-state index is 5.85. The molecule has 0 saturated carbocycles. The molecule has 3 rings (SSSR count). The molecule has 0 unspecified atom stereocenters. The number of hydrogen-bond acceptors (Lipinski definition) is 2. The fraction of sp³-hybridized carbons (Fsp3) is 0.105. The van der Waals surface area contributed by atoms with Crippen molar-refractivity contribution in [2.24, 2.45) is 0 Å². The maximum Gasteiger partial charge on any atom is 0.127 e. The van der Waals surface area contributed by atoms with E-state index in [1.165, 1.54) is 11.1 Å². The van der Waals surface area contributed by atoms with Gasteiger partial charge in [-0.15, -0.1) is 0 Å². The van der Waals surface area contributed by atoms with E-state index in [-0.39, 0.29) is 0 Å². The number of ether oxygens (including phenoxy) is 1. The summed E-state index contributed by atoms with van der Waals surface area (Å²) in [6, 6.07) is 18.6. The Morgan fingerprint density at radius 3 is 2.36 bits per heavy atom. The minimum atomic E-state index is 0.762. The van der Waals surface area contributed by atoms with Gasteiger partial charge in [0.05, 0.1) is 6.20 Å². The van der Waals surface area contributed by atoms with E-state index in [2.05, 4.69) is 53.2 Å². The molecular weight excluding hydrogens is 272 g/mol. The van der Waals surface area contributed by atoms with E-state index in [4.69, 9.17) is 4.74 Å². The predicted molar refractivity (Wildman–Crippen MR) is 88.8 cm³/mol. The lowest BCUT2D eigenvalue weighted by molar-refractivity contribution is 0.500. The molecule has 3 heteroatoms. The van der Waals surface area contributed by atoms with Crippen molar-refractivity contribution in [1.82, 2.24) is 10.2 Å². The first-order chi connectivity index (χ1) is 10.7. The van der Waals surface area contributed by atoms with Crippen LogP contribution in [0, 0.1) is 0 Å². The lowest BCUT2D eigenvalue weighted by atomic mass is 10.1. The summed E-state index contributed by atoms with van der Waals surface area (Å²) in [6.45, 7) is 5.81. The van der Waals surface area contributed by atoms with Crippen LogP contribution >= 0.6 is 0 Å². The maximum absolute atomic E-state index is 5.85. The van der Waals surface area contributed by atoms with Crippen LogP contribution < -0.4 is 15.3 Å². The van der Waals surface area contributed by atoms with E-state index in [0.717, 1.165) is 28.5 Å². The number of hydrogen-bond donors (Lipinski definition) is 1. The molecule has 3 nitrogen and oxygen atoms in total. The van der Waals surface area contributed by atoms with Gasteiger partial charge in [0, 0.05) is 5.22 Å². The SMILES string of the molecule is C=c1cn[nH]/c1=C(/C)Oc1ccc(Cc2ccccc2)cc1. The Bertz CT molecular complexity index is 848. The lowest BCUT2D eigenvalue weighted by Crippen LogP contribution is -2.24. The molecule has 3 aromatic rings. The molecule has 0 radical (unpaired) electrons. The number of rotatable bonds is 4. The molecule has 0 spiro atoms. The molecule has 2 aromatic carbocycles. The molecule has 0 fully saturated rings. The first-order valence-electron chi connectivity index (χ1n) is 7.22. The van der Waals surface area contributed by atoms with E-state index in [9.17, 15) is 0 Å². The quantitative estimate of drug-likeness (QED) is 0.802. The van der Waals surface area contributed by atoms with Crippen molar-refractivity contribution in [3.8, 4) is 5.75 Å². The highest BCUT2D eigenvalue weighted by molar-refractivity contribution is 5.40. The van der Waals surface area contributed by atoms with Gasteiger partial charge in [-0.1, -0.05) is 49.0 Å². The van der Waals surface area contributed by atoms with E-state index in [1.54, 1.807) is 6.20 Å². The second kappa shape index (κ2) is 6.31. The van der Waals surface area contributed by atoms with Gasteiger partial charge in [-0.2, -0.15) is 5.10 Å². The zero-order chi connectivity index (χ0) is 15.4. The Kier molecular flexibility index (Phi) is 4.05. The normalized spacial score (nSPS) is 12.0. The zero-order valence-electron chi connectivity index (χ0n) is 12.5. The van der Waals surface area contributed by atoms with Crippen LogP contribution in [0.15, 0.2) is 60.8 Å². The van der Waals surface area contributed by atoms with Crippen molar-refractivity contribution >= 4 is 12.3 Å². The van der Waals surface area contributed by atoms with Crippen LogP contribution in [0.5, 0.6) is 5.75 Å². The summed E-state index contributed by atoms with van der Waals surface area (Å²) in [7, 11) is 0. The molecule has 0 bridgehead atoms. The highest BCUT2D eigenvalue weighted by Crippen LogP contribution is 2.17. The van der Waals surface area contributed by atoms with Gasteiger partial charge in [0.2, 0.25) is 0 Å². The summed E-state index contributed by atoms with van der Waals surface area (Å²) in [4.78, 5) is 0. The Morgan fingerprint density at radius 1 is 1.05 bits per heavy atom. The monoisotopic (exact) mass is 290 g/mol. The lowest BCUT2D eigenvalue weighted by Gasteiger charge is -2.07. The zero-order valence-corrected chi connectivity index (χ0v) is 12.5. The third kappa shape index (κ3) is 3.26. The number of nitrogens with zero attached hydrogens (tertiary/aromatic N) is 1. The van der Waals surface area contributed by atoms with Crippen LogP contribution in [-0.4, -0.2) is 10.2 Å². The predicted octanol–water partition coefficient (Wildman–Crippen LogP) is 2.62.